The molecule has 8 nitrogen and oxygen atoms in total. The Morgan fingerprint density at radius 2 is 1.60 bits per heavy atom. The molecule has 0 amide bonds. The molecule has 0 saturated carbocycles. The van der Waals surface area contributed by atoms with Crippen LogP contribution in [0.25, 0.3) is 0 Å². The van der Waals surface area contributed by atoms with Gasteiger partial charge in [0.15, 0.2) is 0 Å². The van der Waals surface area contributed by atoms with E-state index in [9.17, 15) is 24.9 Å². The maximum absolute atomic E-state index is 11.6. The minimum absolute atomic E-state index is 0.0995. The third kappa shape index (κ3) is 2.98. The number of hydrogen-bond donors (Lipinski definition) is 4. The van der Waals surface area contributed by atoms with Crippen molar-refractivity contribution in [3.63, 3.8) is 0 Å². The first kappa shape index (κ1) is 18.2. The fourth-order valence-corrected chi connectivity index (χ4v) is 2.92. The van der Waals surface area contributed by atoms with E-state index in [4.69, 9.17) is 9.47 Å². The second-order valence-corrected chi connectivity index (χ2v) is 5.72. The van der Waals surface area contributed by atoms with Gasteiger partial charge in [-0.2, -0.15) is 0 Å². The van der Waals surface area contributed by atoms with Gasteiger partial charge in [0.05, 0.1) is 19.8 Å². The van der Waals surface area contributed by atoms with Gasteiger partial charge in [-0.25, -0.2) is 9.59 Å². The van der Waals surface area contributed by atoms with Crippen molar-refractivity contribution in [2.75, 3.05) is 14.2 Å². The van der Waals surface area contributed by atoms with E-state index in [1.807, 2.05) is 0 Å². The lowest BCUT2D eigenvalue weighted by Crippen LogP contribution is -2.38. The molecule has 1 atom stereocenters. The number of benzene rings is 1. The van der Waals surface area contributed by atoms with Crippen LogP contribution in [0.1, 0.15) is 19.4 Å². The third-order valence-corrected chi connectivity index (χ3v) is 4.30. The number of carbonyl (C=O) groups is 2. The molecule has 1 aromatic carbocycles. The van der Waals surface area contributed by atoms with E-state index in [1.54, 1.807) is 13.8 Å². The summed E-state index contributed by atoms with van der Waals surface area (Å²) in [4.78, 5) is 23.0. The maximum Gasteiger partial charge on any atom is 0.352 e. The van der Waals surface area contributed by atoms with Crippen molar-refractivity contribution in [1.29, 1.82) is 0 Å². The number of phenols is 1. The molecule has 134 valence electrons. The Labute approximate surface area is 144 Å². The lowest BCUT2D eigenvalue weighted by molar-refractivity contribution is -0.133. The fraction of sp³-hybridized carbons (Fsp3) is 0.294. The van der Waals surface area contributed by atoms with Crippen molar-refractivity contribution in [1.82, 2.24) is 5.32 Å². The molecule has 8 heteroatoms. The summed E-state index contributed by atoms with van der Waals surface area (Å²) in [6.45, 7) is 3.24. The normalized spacial score (nSPS) is 19.8. The van der Waals surface area contributed by atoms with Gasteiger partial charge in [-0.15, -0.1) is 0 Å². The summed E-state index contributed by atoms with van der Waals surface area (Å²) in [5.41, 5.74) is -0.891. The highest BCUT2D eigenvalue weighted by atomic mass is 16.5. The molecule has 4 N–H and O–H groups in total. The molecule has 0 spiro atoms. The van der Waals surface area contributed by atoms with Crippen molar-refractivity contribution < 1.29 is 34.4 Å². The van der Waals surface area contributed by atoms with Gasteiger partial charge in [-0.3, -0.25) is 0 Å². The zero-order chi connectivity index (χ0) is 18.9. The summed E-state index contributed by atoms with van der Waals surface area (Å²) in [7, 11) is 2.78. The van der Waals surface area contributed by atoms with Crippen LogP contribution in [0.15, 0.2) is 35.2 Å². The SMILES string of the molecule is COc1cc(O)cc(OC)c1C1(C)C=C(C(=O)O)NC(C(=O)O)=C1C. The van der Waals surface area contributed by atoms with E-state index in [2.05, 4.69) is 5.32 Å². The van der Waals surface area contributed by atoms with E-state index < -0.39 is 17.4 Å². The van der Waals surface area contributed by atoms with Crippen molar-refractivity contribution in [3.05, 3.63) is 40.7 Å². The number of dihydropyridines is 1. The molecule has 0 saturated heterocycles. The van der Waals surface area contributed by atoms with Crippen LogP contribution < -0.4 is 14.8 Å². The Morgan fingerprint density at radius 3 is 2.00 bits per heavy atom. The van der Waals surface area contributed by atoms with Crippen molar-refractivity contribution >= 4 is 11.9 Å². The number of carboxylic acids is 2. The van der Waals surface area contributed by atoms with Gasteiger partial charge in [0.2, 0.25) is 0 Å². The third-order valence-electron chi connectivity index (χ3n) is 4.30. The zero-order valence-corrected chi connectivity index (χ0v) is 14.2. The summed E-state index contributed by atoms with van der Waals surface area (Å²) in [6, 6.07) is 2.71. The van der Waals surface area contributed by atoms with Gasteiger partial charge < -0.3 is 30.1 Å². The molecule has 1 aliphatic rings. The Kier molecular flexibility index (Phi) is 4.64. The summed E-state index contributed by atoms with van der Waals surface area (Å²) in [5, 5.41) is 31.0. The van der Waals surface area contributed by atoms with E-state index in [0.29, 0.717) is 11.1 Å². The van der Waals surface area contributed by atoms with Crippen LogP contribution >= 0.6 is 0 Å². The molecule has 0 radical (unpaired) electrons. The van der Waals surface area contributed by atoms with Crippen LogP contribution in [-0.2, 0) is 15.0 Å². The van der Waals surface area contributed by atoms with Crippen molar-refractivity contribution in [3.8, 4) is 17.2 Å². The molecule has 25 heavy (non-hydrogen) atoms. The smallest absolute Gasteiger partial charge is 0.352 e. The predicted octanol–water partition coefficient (Wildman–Crippen LogP) is 1.60. The first-order valence-corrected chi connectivity index (χ1v) is 7.29. The van der Waals surface area contributed by atoms with Crippen LogP contribution in [0.5, 0.6) is 17.2 Å². The molecule has 0 bridgehead atoms. The number of nitrogens with one attached hydrogen (secondary N) is 1. The maximum atomic E-state index is 11.6. The standard InChI is InChI=1S/C17H19NO7/c1-8-14(16(22)23)18-10(15(20)21)7-17(8,2)13-11(24-3)5-9(19)6-12(13)25-4/h5-7,18-19H,1-4H3,(H,20,21)(H,22,23). The largest absolute Gasteiger partial charge is 0.508 e. The minimum atomic E-state index is -1.30. The number of carboxylic acid groups (broad SMARTS) is 2. The van der Waals surface area contributed by atoms with E-state index >= 15 is 0 Å². The second-order valence-electron chi connectivity index (χ2n) is 5.72. The average Bonchev–Trinajstić information content (AvgIpc) is 2.55. The quantitative estimate of drug-likeness (QED) is 0.632. The Morgan fingerprint density at radius 1 is 1.08 bits per heavy atom. The highest BCUT2D eigenvalue weighted by molar-refractivity contribution is 5.94. The van der Waals surface area contributed by atoms with Gasteiger partial charge in [0, 0.05) is 17.5 Å². The van der Waals surface area contributed by atoms with Gasteiger partial charge in [-0.05, 0) is 25.5 Å². The summed E-state index contributed by atoms with van der Waals surface area (Å²) < 4.78 is 10.6. The topological polar surface area (TPSA) is 125 Å². The molecule has 1 aliphatic heterocycles. The molecule has 2 rings (SSSR count). The number of ether oxygens (including phenoxy) is 2. The lowest BCUT2D eigenvalue weighted by atomic mass is 9.72. The number of phenolic OH excluding ortho intramolecular Hbond substituents is 1. The summed E-state index contributed by atoms with van der Waals surface area (Å²) in [5.74, 6) is -2.20. The number of aromatic hydroxyl groups is 1. The lowest BCUT2D eigenvalue weighted by Gasteiger charge is -2.35. The fourth-order valence-electron chi connectivity index (χ4n) is 2.92. The van der Waals surface area contributed by atoms with Gasteiger partial charge in [0.25, 0.3) is 0 Å². The molecule has 1 aromatic rings. The van der Waals surface area contributed by atoms with Gasteiger partial charge in [-0.1, -0.05) is 0 Å². The van der Waals surface area contributed by atoms with Crippen LogP contribution in [0.3, 0.4) is 0 Å². The zero-order valence-electron chi connectivity index (χ0n) is 14.2. The molecule has 1 heterocycles. The Balaban J connectivity index is 2.87. The van der Waals surface area contributed by atoms with E-state index in [-0.39, 0.29) is 28.6 Å². The Hall–Kier alpha value is -3.16. The number of rotatable bonds is 5. The first-order valence-electron chi connectivity index (χ1n) is 7.29. The molecule has 0 aliphatic carbocycles. The molecular weight excluding hydrogens is 330 g/mol. The molecule has 1 unspecified atom stereocenters. The predicted molar refractivity (Wildman–Crippen MR) is 87.8 cm³/mol. The van der Waals surface area contributed by atoms with Crippen LogP contribution in [-0.4, -0.2) is 41.5 Å². The number of aliphatic carboxylic acids is 2. The number of hydrogen-bond acceptors (Lipinski definition) is 6. The molecule has 0 fully saturated rings. The number of allylic oxidation sites excluding steroid dienone is 2. The molecule has 0 aromatic heterocycles. The van der Waals surface area contributed by atoms with Crippen LogP contribution in [0, 0.1) is 0 Å². The summed E-state index contributed by atoms with van der Waals surface area (Å²) >= 11 is 0. The second kappa shape index (κ2) is 6.39. The van der Waals surface area contributed by atoms with Crippen molar-refractivity contribution in [2.45, 2.75) is 19.3 Å². The Bertz CT molecular complexity index is 784. The number of methoxy groups -OCH3 is 2. The summed E-state index contributed by atoms with van der Waals surface area (Å²) in [6.07, 6.45) is 1.40. The van der Waals surface area contributed by atoms with E-state index in [0.717, 1.165) is 0 Å². The highest BCUT2D eigenvalue weighted by Crippen LogP contribution is 2.48. The highest BCUT2D eigenvalue weighted by Gasteiger charge is 2.40. The van der Waals surface area contributed by atoms with Crippen molar-refractivity contribution in [2.24, 2.45) is 0 Å². The molecular formula is C17H19NO7. The van der Waals surface area contributed by atoms with Gasteiger partial charge in [0.1, 0.15) is 28.6 Å². The van der Waals surface area contributed by atoms with Crippen LogP contribution in [0.4, 0.5) is 0 Å². The van der Waals surface area contributed by atoms with Gasteiger partial charge >= 0.3 is 11.9 Å². The minimum Gasteiger partial charge on any atom is -0.508 e. The van der Waals surface area contributed by atoms with Crippen LogP contribution in [0.2, 0.25) is 0 Å². The van der Waals surface area contributed by atoms with E-state index in [1.165, 1.54) is 32.4 Å². The average molecular weight is 349 g/mol. The first-order chi connectivity index (χ1) is 11.7. The monoisotopic (exact) mass is 349 g/mol.